The van der Waals surface area contributed by atoms with Crippen LogP contribution in [0.4, 0.5) is 0 Å². The molecule has 1 atom stereocenters. The molecule has 0 saturated heterocycles. The Bertz CT molecular complexity index is 66.6. The SMILES string of the molecule is CC[C@H](N)C#N.Cl. The maximum absolute atomic E-state index is 7.96. The van der Waals surface area contributed by atoms with Crippen LogP contribution in [0.15, 0.2) is 0 Å². The highest BCUT2D eigenvalue weighted by Gasteiger charge is 1.88. The molecule has 2 N–H and O–H groups in total. The number of nitriles is 1. The van der Waals surface area contributed by atoms with Crippen LogP contribution in [-0.4, -0.2) is 6.04 Å². The van der Waals surface area contributed by atoms with Gasteiger partial charge in [-0.15, -0.1) is 12.4 Å². The molecule has 0 amide bonds. The van der Waals surface area contributed by atoms with E-state index in [9.17, 15) is 0 Å². The summed E-state index contributed by atoms with van der Waals surface area (Å²) in [6, 6.07) is 1.63. The first-order chi connectivity index (χ1) is 2.81. The Morgan fingerprint density at radius 2 is 2.29 bits per heavy atom. The van der Waals surface area contributed by atoms with Crippen LogP contribution in [0.2, 0.25) is 0 Å². The molecule has 0 saturated carbocycles. The molecule has 0 fully saturated rings. The molecule has 0 aromatic carbocycles. The lowest BCUT2D eigenvalue weighted by Gasteiger charge is -1.88. The summed E-state index contributed by atoms with van der Waals surface area (Å²) < 4.78 is 0. The minimum atomic E-state index is -0.259. The summed E-state index contributed by atoms with van der Waals surface area (Å²) in [5.41, 5.74) is 5.11. The Labute approximate surface area is 49.7 Å². The van der Waals surface area contributed by atoms with Crippen molar-refractivity contribution in [2.45, 2.75) is 19.4 Å². The van der Waals surface area contributed by atoms with Gasteiger partial charge in [-0.05, 0) is 6.42 Å². The molecule has 0 aliphatic carbocycles. The van der Waals surface area contributed by atoms with Crippen LogP contribution in [0.25, 0.3) is 0 Å². The zero-order valence-corrected chi connectivity index (χ0v) is 5.03. The molecule has 0 aliphatic heterocycles. The van der Waals surface area contributed by atoms with E-state index in [1.807, 2.05) is 13.0 Å². The van der Waals surface area contributed by atoms with Crippen LogP contribution in [0.1, 0.15) is 13.3 Å². The number of rotatable bonds is 1. The van der Waals surface area contributed by atoms with Crippen LogP contribution in [0.3, 0.4) is 0 Å². The Balaban J connectivity index is 0. The fourth-order valence-electron chi connectivity index (χ4n) is 0.0913. The van der Waals surface area contributed by atoms with Gasteiger partial charge in [0.15, 0.2) is 0 Å². The smallest absolute Gasteiger partial charge is 0.0925 e. The molecular formula is C4H9ClN2. The second kappa shape index (κ2) is 5.74. The third kappa shape index (κ3) is 5.74. The van der Waals surface area contributed by atoms with Crippen LogP contribution < -0.4 is 5.73 Å². The fourth-order valence-corrected chi connectivity index (χ4v) is 0.0913. The Hall–Kier alpha value is -0.260. The van der Waals surface area contributed by atoms with E-state index in [1.165, 1.54) is 0 Å². The molecule has 0 radical (unpaired) electrons. The summed E-state index contributed by atoms with van der Waals surface area (Å²) in [6.45, 7) is 1.88. The van der Waals surface area contributed by atoms with Gasteiger partial charge in [0.2, 0.25) is 0 Å². The van der Waals surface area contributed by atoms with Gasteiger partial charge in [0.05, 0.1) is 12.1 Å². The van der Waals surface area contributed by atoms with E-state index < -0.39 is 0 Å². The molecule has 7 heavy (non-hydrogen) atoms. The lowest BCUT2D eigenvalue weighted by atomic mass is 10.3. The van der Waals surface area contributed by atoms with Crippen molar-refractivity contribution in [1.29, 1.82) is 5.26 Å². The summed E-state index contributed by atoms with van der Waals surface area (Å²) in [5, 5.41) is 7.96. The second-order valence-electron chi connectivity index (χ2n) is 1.14. The highest BCUT2D eigenvalue weighted by Crippen LogP contribution is 1.77. The molecule has 0 rings (SSSR count). The molecule has 42 valence electrons. The van der Waals surface area contributed by atoms with Crippen molar-refractivity contribution >= 4 is 12.4 Å². The second-order valence-corrected chi connectivity index (χ2v) is 1.14. The van der Waals surface area contributed by atoms with E-state index >= 15 is 0 Å². The highest BCUT2D eigenvalue weighted by molar-refractivity contribution is 5.85. The Kier molecular flexibility index (Phi) is 8.10. The van der Waals surface area contributed by atoms with Crippen molar-refractivity contribution in [3.8, 4) is 6.07 Å². The van der Waals surface area contributed by atoms with Crippen molar-refractivity contribution in [2.24, 2.45) is 5.73 Å². The average Bonchev–Trinajstić information content (AvgIpc) is 1.65. The molecule has 3 heteroatoms. The van der Waals surface area contributed by atoms with Crippen LogP contribution in [0.5, 0.6) is 0 Å². The van der Waals surface area contributed by atoms with E-state index in [-0.39, 0.29) is 18.4 Å². The van der Waals surface area contributed by atoms with E-state index in [0.29, 0.717) is 0 Å². The minimum Gasteiger partial charge on any atom is -0.316 e. The Morgan fingerprint density at radius 1 is 1.86 bits per heavy atom. The monoisotopic (exact) mass is 120 g/mol. The maximum atomic E-state index is 7.96. The summed E-state index contributed by atoms with van der Waals surface area (Å²) in [5.74, 6) is 0. The number of nitrogens with two attached hydrogens (primary N) is 1. The van der Waals surface area contributed by atoms with Gasteiger partial charge < -0.3 is 5.73 Å². The molecule has 2 nitrogen and oxygen atoms in total. The van der Waals surface area contributed by atoms with Gasteiger partial charge in [-0.3, -0.25) is 0 Å². The first-order valence-corrected chi connectivity index (χ1v) is 1.96. The first-order valence-electron chi connectivity index (χ1n) is 1.96. The quantitative estimate of drug-likeness (QED) is 0.553. The molecular weight excluding hydrogens is 112 g/mol. The summed E-state index contributed by atoms with van der Waals surface area (Å²) in [6.07, 6.45) is 0.747. The summed E-state index contributed by atoms with van der Waals surface area (Å²) >= 11 is 0. The number of halogens is 1. The standard InChI is InChI=1S/C4H8N2.ClH/c1-2-4(6)3-5;/h4H,2,6H2,1H3;1H/t4-;/m0./s1. The minimum absolute atomic E-state index is 0. The van der Waals surface area contributed by atoms with E-state index in [4.69, 9.17) is 11.0 Å². The van der Waals surface area contributed by atoms with E-state index in [0.717, 1.165) is 6.42 Å². The highest BCUT2D eigenvalue weighted by atomic mass is 35.5. The van der Waals surface area contributed by atoms with Crippen molar-refractivity contribution in [2.75, 3.05) is 0 Å². The molecule has 0 heterocycles. The van der Waals surface area contributed by atoms with Gasteiger partial charge in [0, 0.05) is 0 Å². The van der Waals surface area contributed by atoms with Crippen LogP contribution >= 0.6 is 12.4 Å². The predicted octanol–water partition coefficient (Wildman–Crippen LogP) is 0.669. The number of hydrogen-bond acceptors (Lipinski definition) is 2. The fraction of sp³-hybridized carbons (Fsp3) is 0.750. The summed E-state index contributed by atoms with van der Waals surface area (Å²) in [4.78, 5) is 0. The molecule has 0 aromatic rings. The van der Waals surface area contributed by atoms with Crippen LogP contribution in [0, 0.1) is 11.3 Å². The molecule has 0 bridgehead atoms. The van der Waals surface area contributed by atoms with Crippen molar-refractivity contribution < 1.29 is 0 Å². The molecule has 0 aliphatic rings. The zero-order valence-electron chi connectivity index (χ0n) is 4.22. The van der Waals surface area contributed by atoms with Crippen molar-refractivity contribution in [3.63, 3.8) is 0 Å². The van der Waals surface area contributed by atoms with Gasteiger partial charge in [0.1, 0.15) is 0 Å². The van der Waals surface area contributed by atoms with E-state index in [1.54, 1.807) is 0 Å². The van der Waals surface area contributed by atoms with Crippen molar-refractivity contribution in [3.05, 3.63) is 0 Å². The van der Waals surface area contributed by atoms with E-state index in [2.05, 4.69) is 0 Å². The van der Waals surface area contributed by atoms with Gasteiger partial charge in [0.25, 0.3) is 0 Å². The van der Waals surface area contributed by atoms with Gasteiger partial charge in [-0.2, -0.15) is 5.26 Å². The molecule has 0 unspecified atom stereocenters. The first kappa shape index (κ1) is 9.88. The largest absolute Gasteiger partial charge is 0.316 e. The van der Waals surface area contributed by atoms with Gasteiger partial charge in [-0.1, -0.05) is 6.92 Å². The number of nitrogens with zero attached hydrogens (tertiary/aromatic N) is 1. The van der Waals surface area contributed by atoms with Crippen molar-refractivity contribution in [1.82, 2.24) is 0 Å². The maximum Gasteiger partial charge on any atom is 0.0925 e. The summed E-state index contributed by atoms with van der Waals surface area (Å²) in [7, 11) is 0. The third-order valence-electron chi connectivity index (χ3n) is 0.606. The normalized spacial score (nSPS) is 11.0. The van der Waals surface area contributed by atoms with Gasteiger partial charge in [-0.25, -0.2) is 0 Å². The zero-order chi connectivity index (χ0) is 4.99. The lowest BCUT2D eigenvalue weighted by Crippen LogP contribution is -2.14. The van der Waals surface area contributed by atoms with Crippen LogP contribution in [-0.2, 0) is 0 Å². The lowest BCUT2D eigenvalue weighted by molar-refractivity contribution is 0.795. The third-order valence-corrected chi connectivity index (χ3v) is 0.606. The topological polar surface area (TPSA) is 49.8 Å². The Morgan fingerprint density at radius 3 is 2.29 bits per heavy atom. The molecule has 0 spiro atoms. The predicted molar refractivity (Wildman–Crippen MR) is 31.1 cm³/mol. The molecule has 0 aromatic heterocycles. The number of hydrogen-bond donors (Lipinski definition) is 1. The average molecular weight is 121 g/mol. The van der Waals surface area contributed by atoms with Gasteiger partial charge >= 0.3 is 0 Å².